The summed E-state index contributed by atoms with van der Waals surface area (Å²) in [4.78, 5) is 15.7. The first-order valence-electron chi connectivity index (χ1n) is 9.97. The maximum absolute atomic E-state index is 15.7. The molecule has 1 N–H and O–H groups in total. The molecule has 1 aliphatic rings. The maximum atomic E-state index is 15.7. The van der Waals surface area contributed by atoms with E-state index in [0.717, 1.165) is 5.00 Å². The molecule has 0 unspecified atom stereocenters. The van der Waals surface area contributed by atoms with E-state index in [0.29, 0.717) is 48.0 Å². The van der Waals surface area contributed by atoms with Gasteiger partial charge in [-0.15, -0.1) is 0 Å². The van der Waals surface area contributed by atoms with Gasteiger partial charge in [0.05, 0.1) is 5.02 Å². The molecule has 32 heavy (non-hydrogen) atoms. The normalized spacial score (nSPS) is 14.5. The van der Waals surface area contributed by atoms with Crippen LogP contribution in [0, 0.1) is 5.82 Å². The van der Waals surface area contributed by atoms with Crippen molar-refractivity contribution in [2.45, 2.75) is 0 Å². The number of hydrogen-bond acceptors (Lipinski definition) is 6. The quantitative estimate of drug-likeness (QED) is 0.454. The molecule has 3 heterocycles. The molecule has 1 fully saturated rings. The van der Waals surface area contributed by atoms with Crippen LogP contribution < -0.4 is 4.90 Å². The lowest BCUT2D eigenvalue weighted by Gasteiger charge is -2.34. The summed E-state index contributed by atoms with van der Waals surface area (Å²) in [5.74, 6) is -0.639. The van der Waals surface area contributed by atoms with E-state index in [9.17, 15) is 9.90 Å². The molecule has 7 nitrogen and oxygen atoms in total. The van der Waals surface area contributed by atoms with Crippen molar-refractivity contribution in [1.29, 1.82) is 0 Å². The number of phenolic OH excluding ortho intramolecular Hbond substituents is 1. The Morgan fingerprint density at radius 3 is 2.72 bits per heavy atom. The Bertz CT molecular complexity index is 1390. The van der Waals surface area contributed by atoms with Gasteiger partial charge in [0.25, 0.3) is 0 Å². The zero-order valence-corrected chi connectivity index (χ0v) is 18.8. The van der Waals surface area contributed by atoms with Gasteiger partial charge in [-0.2, -0.15) is 9.47 Å². The van der Waals surface area contributed by atoms with Crippen molar-refractivity contribution in [3.8, 4) is 16.9 Å². The van der Waals surface area contributed by atoms with Gasteiger partial charge in [0.15, 0.2) is 5.82 Å². The summed E-state index contributed by atoms with van der Waals surface area (Å²) in [6.07, 6.45) is 3.06. The Morgan fingerprint density at radius 1 is 1.25 bits per heavy atom. The zero-order valence-electron chi connectivity index (χ0n) is 17.2. The number of carbonyl (C=O) groups excluding carboxylic acids is 1. The summed E-state index contributed by atoms with van der Waals surface area (Å²) in [6, 6.07) is 4.76. The number of benzene rings is 2. The molecular formula is C22H19ClFN5O2S. The monoisotopic (exact) mass is 471 g/mol. The van der Waals surface area contributed by atoms with Crippen LogP contribution in [0.5, 0.6) is 5.75 Å². The molecule has 0 aliphatic carbocycles. The molecule has 2 aromatic carbocycles. The third kappa shape index (κ3) is 3.28. The van der Waals surface area contributed by atoms with Crippen LogP contribution in [0.3, 0.4) is 0 Å². The van der Waals surface area contributed by atoms with Crippen molar-refractivity contribution in [2.75, 3.05) is 31.1 Å². The fourth-order valence-corrected chi connectivity index (χ4v) is 5.36. The number of fused-ring (bicyclic) bond motifs is 2. The topological polar surface area (TPSA) is 74.5 Å². The predicted molar refractivity (Wildman–Crippen MR) is 125 cm³/mol. The molecule has 1 aliphatic heterocycles. The highest BCUT2D eigenvalue weighted by Crippen LogP contribution is 2.43. The number of carbonyl (C=O) groups is 1. The van der Waals surface area contributed by atoms with Crippen molar-refractivity contribution in [1.82, 2.24) is 19.1 Å². The predicted octanol–water partition coefficient (Wildman–Crippen LogP) is 4.18. The number of hydrogen-bond donors (Lipinski definition) is 1. The number of aromatic nitrogens is 3. The van der Waals surface area contributed by atoms with Crippen LogP contribution in [0.4, 0.5) is 9.39 Å². The van der Waals surface area contributed by atoms with Gasteiger partial charge in [-0.25, -0.2) is 4.39 Å². The Kier molecular flexibility index (Phi) is 5.02. The van der Waals surface area contributed by atoms with Crippen LogP contribution >= 0.6 is 23.1 Å². The molecule has 0 radical (unpaired) electrons. The Labute approximate surface area is 192 Å². The average molecular weight is 472 g/mol. The number of anilines is 1. The van der Waals surface area contributed by atoms with E-state index < -0.39 is 5.82 Å². The van der Waals surface area contributed by atoms with Gasteiger partial charge >= 0.3 is 0 Å². The van der Waals surface area contributed by atoms with Crippen molar-refractivity contribution in [3.05, 3.63) is 47.9 Å². The minimum atomic E-state index is -0.548. The van der Waals surface area contributed by atoms with Crippen LogP contribution in [-0.2, 0) is 11.8 Å². The Hall–Kier alpha value is -3.17. The number of piperazine rings is 1. The van der Waals surface area contributed by atoms with Crippen LogP contribution in [0.25, 0.3) is 32.9 Å². The fourth-order valence-electron chi connectivity index (χ4n) is 4.16. The highest BCUT2D eigenvalue weighted by molar-refractivity contribution is 7.11. The van der Waals surface area contributed by atoms with Crippen molar-refractivity contribution in [2.24, 2.45) is 7.05 Å². The minimum absolute atomic E-state index is 0.00183. The van der Waals surface area contributed by atoms with E-state index in [1.807, 2.05) is 0 Å². The van der Waals surface area contributed by atoms with E-state index in [4.69, 9.17) is 11.6 Å². The summed E-state index contributed by atoms with van der Waals surface area (Å²) in [5.41, 5.74) is 1.35. The summed E-state index contributed by atoms with van der Waals surface area (Å²) < 4.78 is 21.7. The molecule has 5 rings (SSSR count). The van der Waals surface area contributed by atoms with Gasteiger partial charge in [-0.1, -0.05) is 18.2 Å². The zero-order chi connectivity index (χ0) is 22.6. The summed E-state index contributed by atoms with van der Waals surface area (Å²) in [7, 11) is 1.76. The third-order valence-electron chi connectivity index (χ3n) is 5.68. The number of aromatic hydroxyl groups is 1. The van der Waals surface area contributed by atoms with Gasteiger partial charge in [-0.3, -0.25) is 9.48 Å². The molecule has 0 spiro atoms. The second kappa shape index (κ2) is 7.75. The number of aryl methyl sites for hydroxylation is 1. The lowest BCUT2D eigenvalue weighted by atomic mass is 10.0. The molecule has 2 aromatic heterocycles. The largest absolute Gasteiger partial charge is 0.508 e. The Morgan fingerprint density at radius 2 is 2.00 bits per heavy atom. The molecule has 1 saturated heterocycles. The van der Waals surface area contributed by atoms with Crippen molar-refractivity contribution < 1.29 is 14.3 Å². The number of amides is 1. The fraction of sp³-hybridized carbons (Fsp3) is 0.227. The van der Waals surface area contributed by atoms with E-state index in [1.165, 1.54) is 23.7 Å². The second-order valence-corrected chi connectivity index (χ2v) is 8.84. The molecule has 0 saturated carbocycles. The van der Waals surface area contributed by atoms with Crippen LogP contribution in [-0.4, -0.2) is 56.2 Å². The van der Waals surface area contributed by atoms with Crippen LogP contribution in [0.2, 0.25) is 5.02 Å². The number of halogens is 2. The second-order valence-electron chi connectivity index (χ2n) is 7.68. The average Bonchev–Trinajstić information content (AvgIpc) is 3.36. The molecule has 0 bridgehead atoms. The maximum Gasteiger partial charge on any atom is 0.246 e. The smallest absolute Gasteiger partial charge is 0.246 e. The first-order chi connectivity index (χ1) is 15.4. The van der Waals surface area contributed by atoms with Gasteiger partial charge in [0.2, 0.25) is 5.91 Å². The highest BCUT2D eigenvalue weighted by atomic mass is 35.5. The first-order valence-corrected chi connectivity index (χ1v) is 11.1. The van der Waals surface area contributed by atoms with E-state index in [2.05, 4.69) is 21.0 Å². The van der Waals surface area contributed by atoms with Gasteiger partial charge < -0.3 is 14.9 Å². The van der Waals surface area contributed by atoms with Crippen LogP contribution in [0.15, 0.2) is 37.1 Å². The lowest BCUT2D eigenvalue weighted by molar-refractivity contribution is -0.126. The van der Waals surface area contributed by atoms with Crippen LogP contribution in [0.1, 0.15) is 0 Å². The number of nitrogens with zero attached hydrogens (tertiary/aromatic N) is 5. The van der Waals surface area contributed by atoms with Crippen molar-refractivity contribution >= 4 is 55.8 Å². The summed E-state index contributed by atoms with van der Waals surface area (Å²) in [5, 5.41) is 16.9. The SMILES string of the molecule is C=CC(=O)N1CCN(c2snc3c(F)c(-c4cc(O)cc5cn(C)nc45)c(Cl)cc23)CC1. The minimum Gasteiger partial charge on any atom is -0.508 e. The lowest BCUT2D eigenvalue weighted by Crippen LogP contribution is -2.48. The third-order valence-corrected chi connectivity index (χ3v) is 6.90. The molecular weight excluding hydrogens is 453 g/mol. The number of phenols is 1. The number of rotatable bonds is 3. The first kappa shape index (κ1) is 20.7. The molecule has 1 amide bonds. The summed E-state index contributed by atoms with van der Waals surface area (Å²) in [6.45, 7) is 5.86. The van der Waals surface area contributed by atoms with Gasteiger partial charge in [-0.05, 0) is 35.8 Å². The standard InChI is InChI=1S/C22H19ClFN5O2S/c1-3-17(31)28-4-6-29(7-5-28)22-15-10-16(23)18(19(24)21(15)26-32-22)14-9-13(30)8-12-11-27(2)25-20(12)14/h3,8-11,30H,1,4-7H2,2H3. The molecule has 4 aromatic rings. The van der Waals surface area contributed by atoms with Crippen molar-refractivity contribution in [3.63, 3.8) is 0 Å². The Balaban J connectivity index is 1.58. The van der Waals surface area contributed by atoms with Gasteiger partial charge in [0.1, 0.15) is 21.8 Å². The van der Waals surface area contributed by atoms with E-state index in [1.54, 1.807) is 35.0 Å². The van der Waals surface area contributed by atoms with E-state index >= 15 is 4.39 Å². The molecule has 0 atom stereocenters. The molecule has 10 heteroatoms. The van der Waals surface area contributed by atoms with Gasteiger partial charge in [0, 0.05) is 61.3 Å². The molecule has 164 valence electrons. The van der Waals surface area contributed by atoms with E-state index in [-0.39, 0.29) is 27.8 Å². The summed E-state index contributed by atoms with van der Waals surface area (Å²) >= 11 is 7.80. The highest BCUT2D eigenvalue weighted by Gasteiger charge is 2.26.